The lowest BCUT2D eigenvalue weighted by Crippen LogP contribution is -1.92. The molecule has 0 nitrogen and oxygen atoms in total. The summed E-state index contributed by atoms with van der Waals surface area (Å²) in [6.45, 7) is 0. The summed E-state index contributed by atoms with van der Waals surface area (Å²) in [5, 5.41) is 0. The lowest BCUT2D eigenvalue weighted by molar-refractivity contribution is 0.953. The highest BCUT2D eigenvalue weighted by Gasteiger charge is 2.03. The SMILES string of the molecule is C1=CC2=C(/C=C\C/C=C\C=C/C2)CC1. The van der Waals surface area contributed by atoms with Crippen molar-refractivity contribution in [3.05, 3.63) is 59.8 Å². The normalized spacial score (nSPS) is 28.0. The summed E-state index contributed by atoms with van der Waals surface area (Å²) in [6, 6.07) is 0. The van der Waals surface area contributed by atoms with Crippen LogP contribution < -0.4 is 0 Å². The van der Waals surface area contributed by atoms with Gasteiger partial charge in [0.25, 0.3) is 0 Å². The standard InChI is InChI=1S/C14H16/c1-2-4-6-10-14-12-8-7-11-13(14)9-5-3-1/h1-3,5-7,10-11H,4,8-9,12H2/b2-1-,5-3-,10-6-. The zero-order valence-electron chi connectivity index (χ0n) is 8.45. The molecule has 0 N–H and O–H groups in total. The summed E-state index contributed by atoms with van der Waals surface area (Å²) < 4.78 is 0. The van der Waals surface area contributed by atoms with Gasteiger partial charge in [0.1, 0.15) is 0 Å². The average Bonchev–Trinajstić information content (AvgIpc) is 2.25. The molecule has 2 rings (SSSR count). The van der Waals surface area contributed by atoms with Crippen LogP contribution in [0.5, 0.6) is 0 Å². The van der Waals surface area contributed by atoms with Gasteiger partial charge in [-0.15, -0.1) is 0 Å². The van der Waals surface area contributed by atoms with Gasteiger partial charge in [0, 0.05) is 0 Å². The van der Waals surface area contributed by atoms with E-state index in [1.54, 1.807) is 0 Å². The van der Waals surface area contributed by atoms with Crippen LogP contribution >= 0.6 is 0 Å². The summed E-state index contributed by atoms with van der Waals surface area (Å²) in [4.78, 5) is 0. The van der Waals surface area contributed by atoms with E-state index >= 15 is 0 Å². The highest BCUT2D eigenvalue weighted by Crippen LogP contribution is 2.23. The van der Waals surface area contributed by atoms with Crippen LogP contribution in [0.4, 0.5) is 0 Å². The molecular weight excluding hydrogens is 168 g/mol. The van der Waals surface area contributed by atoms with Crippen LogP contribution in [0.15, 0.2) is 59.8 Å². The van der Waals surface area contributed by atoms with E-state index in [0.29, 0.717) is 0 Å². The first kappa shape index (κ1) is 9.26. The van der Waals surface area contributed by atoms with E-state index in [1.807, 2.05) is 0 Å². The Morgan fingerprint density at radius 1 is 0.786 bits per heavy atom. The van der Waals surface area contributed by atoms with Crippen LogP contribution in [0.25, 0.3) is 0 Å². The van der Waals surface area contributed by atoms with Crippen molar-refractivity contribution < 1.29 is 0 Å². The van der Waals surface area contributed by atoms with Gasteiger partial charge in [-0.1, -0.05) is 48.6 Å². The number of hydrogen-bond donors (Lipinski definition) is 0. The fourth-order valence-corrected chi connectivity index (χ4v) is 1.84. The monoisotopic (exact) mass is 184 g/mol. The number of rotatable bonds is 0. The zero-order chi connectivity index (χ0) is 9.64. The third-order valence-electron chi connectivity index (χ3n) is 2.62. The summed E-state index contributed by atoms with van der Waals surface area (Å²) in [6.07, 6.45) is 22.3. The fourth-order valence-electron chi connectivity index (χ4n) is 1.84. The van der Waals surface area contributed by atoms with E-state index < -0.39 is 0 Å². The van der Waals surface area contributed by atoms with E-state index in [1.165, 1.54) is 24.0 Å². The molecule has 0 aromatic heterocycles. The van der Waals surface area contributed by atoms with E-state index in [4.69, 9.17) is 0 Å². The minimum atomic E-state index is 1.05. The van der Waals surface area contributed by atoms with Gasteiger partial charge >= 0.3 is 0 Å². The lowest BCUT2D eigenvalue weighted by atomic mass is 9.94. The molecule has 0 fully saturated rings. The molecule has 0 saturated carbocycles. The maximum absolute atomic E-state index is 2.29. The van der Waals surface area contributed by atoms with E-state index in [0.717, 1.165) is 12.8 Å². The molecule has 0 radical (unpaired) electrons. The molecule has 0 amide bonds. The highest BCUT2D eigenvalue weighted by atomic mass is 14.1. The molecular formula is C14H16. The Morgan fingerprint density at radius 2 is 1.64 bits per heavy atom. The molecule has 0 heteroatoms. The Hall–Kier alpha value is -1.30. The molecule has 72 valence electrons. The first-order valence-corrected chi connectivity index (χ1v) is 5.33. The van der Waals surface area contributed by atoms with Crippen LogP contribution in [0.2, 0.25) is 0 Å². The Kier molecular flexibility index (Phi) is 3.18. The lowest BCUT2D eigenvalue weighted by Gasteiger charge is -2.11. The van der Waals surface area contributed by atoms with Gasteiger partial charge in [0.2, 0.25) is 0 Å². The second-order valence-corrected chi connectivity index (χ2v) is 3.69. The van der Waals surface area contributed by atoms with Crippen molar-refractivity contribution in [2.24, 2.45) is 0 Å². The van der Waals surface area contributed by atoms with Crippen molar-refractivity contribution in [3.63, 3.8) is 0 Å². The summed E-state index contributed by atoms with van der Waals surface area (Å²) in [5.74, 6) is 0. The molecule has 0 heterocycles. The highest BCUT2D eigenvalue weighted by molar-refractivity contribution is 5.38. The van der Waals surface area contributed by atoms with Crippen LogP contribution in [-0.4, -0.2) is 0 Å². The molecule has 2 aliphatic rings. The molecule has 0 aliphatic heterocycles. The summed E-state index contributed by atoms with van der Waals surface area (Å²) >= 11 is 0. The van der Waals surface area contributed by atoms with E-state index in [-0.39, 0.29) is 0 Å². The minimum Gasteiger partial charge on any atom is -0.0839 e. The number of hydrogen-bond acceptors (Lipinski definition) is 0. The summed E-state index contributed by atoms with van der Waals surface area (Å²) in [5.41, 5.74) is 3.01. The van der Waals surface area contributed by atoms with Crippen LogP contribution in [0.3, 0.4) is 0 Å². The quantitative estimate of drug-likeness (QED) is 0.532. The maximum Gasteiger partial charge on any atom is -0.00917 e. The molecule has 0 aromatic rings. The van der Waals surface area contributed by atoms with Gasteiger partial charge in [-0.3, -0.25) is 0 Å². The smallest absolute Gasteiger partial charge is 0.00917 e. The Morgan fingerprint density at radius 3 is 2.64 bits per heavy atom. The van der Waals surface area contributed by atoms with Gasteiger partial charge in [0.15, 0.2) is 0 Å². The topological polar surface area (TPSA) is 0 Å². The predicted molar refractivity (Wildman–Crippen MR) is 62.1 cm³/mol. The Balaban J connectivity index is 2.24. The minimum absolute atomic E-state index is 1.05. The predicted octanol–water partition coefficient (Wildman–Crippen LogP) is 4.10. The van der Waals surface area contributed by atoms with Crippen molar-refractivity contribution in [2.45, 2.75) is 25.7 Å². The fraction of sp³-hybridized carbons (Fsp3) is 0.286. The largest absolute Gasteiger partial charge is 0.0839 e. The van der Waals surface area contributed by atoms with Gasteiger partial charge in [0.05, 0.1) is 0 Å². The molecule has 2 aliphatic carbocycles. The molecule has 0 unspecified atom stereocenters. The van der Waals surface area contributed by atoms with Crippen molar-refractivity contribution in [1.29, 1.82) is 0 Å². The third-order valence-corrected chi connectivity index (χ3v) is 2.62. The molecule has 0 bridgehead atoms. The third kappa shape index (κ3) is 2.35. The molecule has 14 heavy (non-hydrogen) atoms. The van der Waals surface area contributed by atoms with Gasteiger partial charge < -0.3 is 0 Å². The Bertz CT molecular complexity index is 335. The zero-order valence-corrected chi connectivity index (χ0v) is 8.45. The molecule has 0 spiro atoms. The van der Waals surface area contributed by atoms with Crippen molar-refractivity contribution in [3.8, 4) is 0 Å². The van der Waals surface area contributed by atoms with Crippen LogP contribution in [0, 0.1) is 0 Å². The van der Waals surface area contributed by atoms with Crippen LogP contribution in [-0.2, 0) is 0 Å². The molecule has 0 saturated heterocycles. The summed E-state index contributed by atoms with van der Waals surface area (Å²) in [7, 11) is 0. The van der Waals surface area contributed by atoms with Crippen molar-refractivity contribution in [2.75, 3.05) is 0 Å². The number of allylic oxidation sites excluding steroid dienone is 10. The average molecular weight is 184 g/mol. The second-order valence-electron chi connectivity index (χ2n) is 3.69. The van der Waals surface area contributed by atoms with Crippen molar-refractivity contribution in [1.82, 2.24) is 0 Å². The Labute approximate surface area is 86.0 Å². The van der Waals surface area contributed by atoms with E-state index in [9.17, 15) is 0 Å². The van der Waals surface area contributed by atoms with Gasteiger partial charge in [-0.2, -0.15) is 0 Å². The van der Waals surface area contributed by atoms with Crippen LogP contribution in [0.1, 0.15) is 25.7 Å². The van der Waals surface area contributed by atoms with E-state index in [2.05, 4.69) is 48.6 Å². The van der Waals surface area contributed by atoms with Crippen molar-refractivity contribution >= 4 is 0 Å². The first-order valence-electron chi connectivity index (χ1n) is 5.33. The first-order chi connectivity index (χ1) is 6.97. The molecule has 0 aromatic carbocycles. The second kappa shape index (κ2) is 4.80. The molecule has 0 atom stereocenters. The van der Waals surface area contributed by atoms with Gasteiger partial charge in [-0.05, 0) is 36.8 Å². The van der Waals surface area contributed by atoms with Gasteiger partial charge in [-0.25, -0.2) is 0 Å². The maximum atomic E-state index is 2.29.